The molecule has 0 saturated carbocycles. The van der Waals surface area contributed by atoms with Crippen LogP contribution in [0.4, 0.5) is 0 Å². The lowest BCUT2D eigenvalue weighted by Crippen LogP contribution is -2.50. The van der Waals surface area contributed by atoms with Crippen molar-refractivity contribution in [3.05, 3.63) is 47.0 Å². The lowest BCUT2D eigenvalue weighted by Gasteiger charge is -2.45. The van der Waals surface area contributed by atoms with Crippen LogP contribution in [0.1, 0.15) is 28.8 Å². The van der Waals surface area contributed by atoms with Crippen molar-refractivity contribution in [1.82, 2.24) is 0 Å². The molecule has 1 N–H and O–H groups in total. The van der Waals surface area contributed by atoms with E-state index < -0.39 is 0 Å². The van der Waals surface area contributed by atoms with Crippen LogP contribution >= 0.6 is 0 Å². The molecule has 6 nitrogen and oxygen atoms in total. The largest absolute Gasteiger partial charge is 0.504 e. The van der Waals surface area contributed by atoms with Gasteiger partial charge in [-0.3, -0.25) is 0 Å². The Labute approximate surface area is 160 Å². The normalized spacial score (nSPS) is 20.7. The van der Waals surface area contributed by atoms with Crippen LogP contribution in [-0.4, -0.2) is 58.7 Å². The van der Waals surface area contributed by atoms with E-state index in [0.29, 0.717) is 21.7 Å². The fraction of sp³-hybridized carbons (Fsp3) is 0.429. The highest BCUT2D eigenvalue weighted by Gasteiger charge is 2.43. The van der Waals surface area contributed by atoms with Gasteiger partial charge >= 0.3 is 0 Å². The molecular formula is C21H28NO5+. The van der Waals surface area contributed by atoms with Gasteiger partial charge in [-0.15, -0.1) is 0 Å². The predicted octanol–water partition coefficient (Wildman–Crippen LogP) is 3.28. The average molecular weight is 374 g/mol. The summed E-state index contributed by atoms with van der Waals surface area (Å²) in [7, 11) is 10.9. The van der Waals surface area contributed by atoms with E-state index in [1.165, 1.54) is 0 Å². The van der Waals surface area contributed by atoms with Crippen LogP contribution in [0.15, 0.2) is 30.3 Å². The Morgan fingerprint density at radius 3 is 2.11 bits per heavy atom. The molecule has 0 aromatic heterocycles. The summed E-state index contributed by atoms with van der Waals surface area (Å²) in [6, 6.07) is 9.64. The number of nitrogens with zero attached hydrogens (tertiary/aromatic N) is 1. The highest BCUT2D eigenvalue weighted by atomic mass is 16.5. The number of hydrogen-bond donors (Lipinski definition) is 1. The van der Waals surface area contributed by atoms with E-state index in [1.54, 1.807) is 34.5 Å². The number of likely N-dealkylation sites (N-methyl/N-ethyl adjacent to an activating group) is 1. The van der Waals surface area contributed by atoms with Gasteiger partial charge in [0.1, 0.15) is 18.7 Å². The molecule has 0 radical (unpaired) electrons. The summed E-state index contributed by atoms with van der Waals surface area (Å²) in [5.41, 5.74) is 3.13. The molecule has 0 spiro atoms. The number of rotatable bonds is 5. The molecule has 0 bridgehead atoms. The third-order valence-electron chi connectivity index (χ3n) is 5.37. The van der Waals surface area contributed by atoms with Gasteiger partial charge < -0.3 is 28.5 Å². The summed E-state index contributed by atoms with van der Waals surface area (Å²) in [5.74, 6) is 1.95. The summed E-state index contributed by atoms with van der Waals surface area (Å²) in [4.78, 5) is 0. The Morgan fingerprint density at radius 2 is 1.52 bits per heavy atom. The molecule has 146 valence electrons. The number of aromatic hydroxyl groups is 1. The third kappa shape index (κ3) is 3.31. The van der Waals surface area contributed by atoms with Crippen LogP contribution in [0, 0.1) is 0 Å². The van der Waals surface area contributed by atoms with Crippen LogP contribution < -0.4 is 14.2 Å². The van der Waals surface area contributed by atoms with Crippen molar-refractivity contribution in [3.63, 3.8) is 0 Å². The van der Waals surface area contributed by atoms with Crippen LogP contribution in [0.2, 0.25) is 0 Å². The molecule has 0 amide bonds. The molecule has 1 heterocycles. The van der Waals surface area contributed by atoms with Crippen molar-refractivity contribution in [2.75, 3.05) is 49.1 Å². The first-order chi connectivity index (χ1) is 12.9. The van der Waals surface area contributed by atoms with E-state index in [-0.39, 0.29) is 17.9 Å². The third-order valence-corrected chi connectivity index (χ3v) is 5.37. The minimum atomic E-state index is -0.0825. The number of benzene rings is 2. The number of fused-ring (bicyclic) bond motifs is 1. The second kappa shape index (κ2) is 7.29. The standard InChI is InChI=1S/C21H27NO5/c1-22(2)12-20(27-6)14-11-18(25-4)16(23)10-15(14)21(22)13-7-8-17(24-3)19(9-13)26-5/h7-11,20-21H,12H2,1-6H3/p+1. The van der Waals surface area contributed by atoms with Crippen molar-refractivity contribution in [1.29, 1.82) is 0 Å². The van der Waals surface area contributed by atoms with E-state index in [9.17, 15) is 5.11 Å². The van der Waals surface area contributed by atoms with E-state index in [4.69, 9.17) is 18.9 Å². The van der Waals surface area contributed by atoms with Gasteiger partial charge in [-0.2, -0.15) is 0 Å². The van der Waals surface area contributed by atoms with Gasteiger partial charge in [0.25, 0.3) is 0 Å². The van der Waals surface area contributed by atoms with Crippen molar-refractivity contribution >= 4 is 0 Å². The molecular weight excluding hydrogens is 346 g/mol. The maximum absolute atomic E-state index is 10.4. The lowest BCUT2D eigenvalue weighted by molar-refractivity contribution is -0.921. The van der Waals surface area contributed by atoms with Gasteiger partial charge in [0.05, 0.1) is 35.4 Å². The van der Waals surface area contributed by atoms with Gasteiger partial charge in [-0.1, -0.05) is 0 Å². The molecule has 2 atom stereocenters. The van der Waals surface area contributed by atoms with Crippen molar-refractivity contribution in [2.45, 2.75) is 12.1 Å². The number of hydrogen-bond acceptors (Lipinski definition) is 5. The van der Waals surface area contributed by atoms with Gasteiger partial charge in [0.2, 0.25) is 0 Å². The fourth-order valence-corrected chi connectivity index (χ4v) is 4.09. The molecule has 1 aliphatic heterocycles. The molecule has 2 aromatic carbocycles. The second-order valence-corrected chi connectivity index (χ2v) is 7.36. The number of phenolic OH excluding ortho intramolecular Hbond substituents is 1. The quantitative estimate of drug-likeness (QED) is 0.814. The maximum Gasteiger partial charge on any atom is 0.161 e. The molecule has 1 aliphatic rings. The zero-order valence-electron chi connectivity index (χ0n) is 16.8. The Balaban J connectivity index is 2.22. The molecule has 0 fully saturated rings. The molecule has 2 unspecified atom stereocenters. The van der Waals surface area contributed by atoms with Gasteiger partial charge in [0, 0.05) is 18.2 Å². The van der Waals surface area contributed by atoms with E-state index >= 15 is 0 Å². The van der Waals surface area contributed by atoms with Crippen molar-refractivity contribution in [3.8, 4) is 23.0 Å². The number of methoxy groups -OCH3 is 4. The Bertz CT molecular complexity index is 834. The Morgan fingerprint density at radius 1 is 0.852 bits per heavy atom. The lowest BCUT2D eigenvalue weighted by atomic mass is 9.85. The van der Waals surface area contributed by atoms with E-state index in [2.05, 4.69) is 14.1 Å². The summed E-state index contributed by atoms with van der Waals surface area (Å²) in [6.45, 7) is 0.788. The molecule has 0 saturated heterocycles. The van der Waals surface area contributed by atoms with Gasteiger partial charge in [-0.25, -0.2) is 0 Å². The molecule has 27 heavy (non-hydrogen) atoms. The van der Waals surface area contributed by atoms with Crippen LogP contribution in [-0.2, 0) is 4.74 Å². The number of phenols is 1. The smallest absolute Gasteiger partial charge is 0.161 e. The minimum absolute atomic E-state index is 0.00279. The first-order valence-corrected chi connectivity index (χ1v) is 8.84. The fourth-order valence-electron chi connectivity index (χ4n) is 4.09. The molecule has 6 heteroatoms. The zero-order chi connectivity index (χ0) is 19.8. The number of quaternary nitrogens is 1. The number of ether oxygens (including phenoxy) is 4. The minimum Gasteiger partial charge on any atom is -0.504 e. The monoisotopic (exact) mass is 374 g/mol. The zero-order valence-corrected chi connectivity index (χ0v) is 16.8. The highest BCUT2D eigenvalue weighted by Crippen LogP contribution is 2.47. The van der Waals surface area contributed by atoms with E-state index in [0.717, 1.165) is 23.2 Å². The average Bonchev–Trinajstić information content (AvgIpc) is 2.65. The molecule has 3 rings (SSSR count). The SMILES string of the molecule is COc1cc2c(cc1O)C(c1ccc(OC)c(OC)c1)[N+](C)(C)CC2OC. The Hall–Kier alpha value is -2.44. The predicted molar refractivity (Wildman–Crippen MR) is 103 cm³/mol. The van der Waals surface area contributed by atoms with Crippen LogP contribution in [0.25, 0.3) is 0 Å². The van der Waals surface area contributed by atoms with Crippen LogP contribution in [0.3, 0.4) is 0 Å². The van der Waals surface area contributed by atoms with Gasteiger partial charge in [-0.05, 0) is 35.9 Å². The topological polar surface area (TPSA) is 57.2 Å². The second-order valence-electron chi connectivity index (χ2n) is 7.36. The Kier molecular flexibility index (Phi) is 5.22. The van der Waals surface area contributed by atoms with Crippen molar-refractivity contribution < 1.29 is 28.5 Å². The summed E-state index contributed by atoms with van der Waals surface area (Å²) < 4.78 is 22.6. The first kappa shape index (κ1) is 19.3. The molecule has 0 aliphatic carbocycles. The van der Waals surface area contributed by atoms with Gasteiger partial charge in [0.15, 0.2) is 23.0 Å². The molecule has 2 aromatic rings. The summed E-state index contributed by atoms with van der Waals surface area (Å²) >= 11 is 0. The summed E-state index contributed by atoms with van der Waals surface area (Å²) in [6.07, 6.45) is -0.0825. The summed E-state index contributed by atoms with van der Waals surface area (Å²) in [5, 5.41) is 10.4. The van der Waals surface area contributed by atoms with Crippen LogP contribution in [0.5, 0.6) is 23.0 Å². The highest BCUT2D eigenvalue weighted by molar-refractivity contribution is 5.52. The van der Waals surface area contributed by atoms with Crippen molar-refractivity contribution in [2.24, 2.45) is 0 Å². The van der Waals surface area contributed by atoms with E-state index in [1.807, 2.05) is 24.3 Å². The maximum atomic E-state index is 10.4. The first-order valence-electron chi connectivity index (χ1n) is 8.84.